The Morgan fingerprint density at radius 3 is 1.22 bits per heavy atom. The highest BCUT2D eigenvalue weighted by atomic mass is 13.9. The van der Waals surface area contributed by atoms with E-state index in [0.717, 1.165) is 12.8 Å². The molecule has 0 saturated heterocycles. The molecule has 0 unspecified atom stereocenters. The van der Waals surface area contributed by atoms with Gasteiger partial charge in [0.25, 0.3) is 0 Å². The topological polar surface area (TPSA) is 0 Å². The molecular formula is C9H18+2. The van der Waals surface area contributed by atoms with E-state index in [9.17, 15) is 0 Å². The van der Waals surface area contributed by atoms with Crippen LogP contribution in [0.15, 0.2) is 0 Å². The Morgan fingerprint density at radius 2 is 0.889 bits per heavy atom. The van der Waals surface area contributed by atoms with Crippen LogP contribution in [-0.2, 0) is 0 Å². The molecule has 0 atom stereocenters. The summed E-state index contributed by atoms with van der Waals surface area (Å²) in [5.41, 5.74) is 0. The van der Waals surface area contributed by atoms with Crippen molar-refractivity contribution < 1.29 is 0 Å². The van der Waals surface area contributed by atoms with Gasteiger partial charge in [0, 0.05) is 0 Å². The lowest BCUT2D eigenvalue weighted by Gasteiger charge is -1.92. The molecule has 0 rings (SSSR count). The molecule has 0 nitrogen and oxygen atoms in total. The number of hydrogen-bond donors (Lipinski definition) is 0. The molecule has 0 N–H and O–H groups in total. The normalized spacial score (nSPS) is 9.78. The smallest absolute Gasteiger partial charge is 0.0530 e. The van der Waals surface area contributed by atoms with Gasteiger partial charge in [-0.2, -0.15) is 0 Å². The summed E-state index contributed by atoms with van der Waals surface area (Å²) >= 11 is 0. The third kappa shape index (κ3) is 7.74. The lowest BCUT2D eigenvalue weighted by Crippen LogP contribution is -1.76. The van der Waals surface area contributed by atoms with E-state index >= 15 is 0 Å². The van der Waals surface area contributed by atoms with Crippen LogP contribution in [0.25, 0.3) is 0 Å². The molecule has 0 radical (unpaired) electrons. The minimum Gasteiger partial charge on any atom is -0.0530 e. The molecule has 0 aromatic carbocycles. The molecule has 0 aliphatic heterocycles. The SMILES string of the molecule is [CH2+]CCCCCCC[CH2+]. The molecule has 9 heavy (non-hydrogen) atoms. The van der Waals surface area contributed by atoms with E-state index in [-0.39, 0.29) is 0 Å². The van der Waals surface area contributed by atoms with E-state index in [0.29, 0.717) is 0 Å². The van der Waals surface area contributed by atoms with Gasteiger partial charge in [-0.25, -0.2) is 0 Å². The zero-order chi connectivity index (χ0) is 6.95. The Bertz CT molecular complexity index is 33.3. The summed E-state index contributed by atoms with van der Waals surface area (Å²) in [6.07, 6.45) is 8.92. The third-order valence-corrected chi connectivity index (χ3v) is 1.50. The van der Waals surface area contributed by atoms with Gasteiger partial charge in [0.1, 0.15) is 0 Å². The van der Waals surface area contributed by atoms with Crippen molar-refractivity contribution in [3.63, 3.8) is 0 Å². The first-order chi connectivity index (χ1) is 4.41. The zero-order valence-electron chi connectivity index (χ0n) is 6.36. The van der Waals surface area contributed by atoms with E-state index in [1.165, 1.54) is 32.1 Å². The van der Waals surface area contributed by atoms with Gasteiger partial charge in [-0.15, -0.1) is 0 Å². The summed E-state index contributed by atoms with van der Waals surface area (Å²) in [7, 11) is 0. The summed E-state index contributed by atoms with van der Waals surface area (Å²) < 4.78 is 0. The molecule has 0 fully saturated rings. The Kier molecular flexibility index (Phi) is 7.52. The summed E-state index contributed by atoms with van der Waals surface area (Å²) in [5.74, 6) is 0. The fraction of sp³-hybridized carbons (Fsp3) is 0.778. The van der Waals surface area contributed by atoms with Crippen LogP contribution in [0.2, 0.25) is 0 Å². The largest absolute Gasteiger partial charge is 0.0850 e. The maximum absolute atomic E-state index is 3.79. The van der Waals surface area contributed by atoms with Gasteiger partial charge in [-0.05, 0) is 25.7 Å². The first-order valence-corrected chi connectivity index (χ1v) is 4.00. The summed E-state index contributed by atoms with van der Waals surface area (Å²) in [6.45, 7) is 7.58. The van der Waals surface area contributed by atoms with Crippen LogP contribution in [0.5, 0.6) is 0 Å². The monoisotopic (exact) mass is 126 g/mol. The Hall–Kier alpha value is -0.260. The van der Waals surface area contributed by atoms with Crippen molar-refractivity contribution in [2.45, 2.75) is 44.9 Å². The summed E-state index contributed by atoms with van der Waals surface area (Å²) in [4.78, 5) is 0. The summed E-state index contributed by atoms with van der Waals surface area (Å²) in [6, 6.07) is 0. The van der Waals surface area contributed by atoms with Crippen LogP contribution in [0.4, 0.5) is 0 Å². The van der Waals surface area contributed by atoms with Gasteiger partial charge in [0.15, 0.2) is 0 Å². The van der Waals surface area contributed by atoms with Crippen molar-refractivity contribution in [1.29, 1.82) is 0 Å². The molecule has 52 valence electrons. The zero-order valence-corrected chi connectivity index (χ0v) is 6.36. The molecule has 0 bridgehead atoms. The molecule has 0 heterocycles. The van der Waals surface area contributed by atoms with E-state index < -0.39 is 0 Å². The van der Waals surface area contributed by atoms with Crippen molar-refractivity contribution >= 4 is 0 Å². The fourth-order valence-corrected chi connectivity index (χ4v) is 0.884. The molecular weight excluding hydrogens is 108 g/mol. The molecule has 0 saturated carbocycles. The minimum absolute atomic E-state index is 1.10. The Balaban J connectivity index is 2.60. The van der Waals surface area contributed by atoms with Crippen LogP contribution in [0, 0.1) is 13.8 Å². The second-order valence-electron chi connectivity index (χ2n) is 2.47. The van der Waals surface area contributed by atoms with Crippen molar-refractivity contribution in [3.8, 4) is 0 Å². The Morgan fingerprint density at radius 1 is 0.556 bits per heavy atom. The summed E-state index contributed by atoms with van der Waals surface area (Å²) in [5, 5.41) is 0. The number of unbranched alkanes of at least 4 members (excludes halogenated alkanes) is 6. The number of rotatable bonds is 6. The maximum Gasteiger partial charge on any atom is 0.0850 e. The van der Waals surface area contributed by atoms with E-state index in [1.807, 2.05) is 0 Å². The molecule has 0 amide bonds. The van der Waals surface area contributed by atoms with E-state index in [2.05, 4.69) is 13.8 Å². The standard InChI is InChI=1S/C9H18/c1-3-5-7-9-8-6-4-2/h1-9H2/q+2. The molecule has 0 heteroatoms. The van der Waals surface area contributed by atoms with Gasteiger partial charge in [-0.1, -0.05) is 6.42 Å². The van der Waals surface area contributed by atoms with Crippen LogP contribution >= 0.6 is 0 Å². The highest BCUT2D eigenvalue weighted by Gasteiger charge is 1.89. The second-order valence-corrected chi connectivity index (χ2v) is 2.47. The fourth-order valence-electron chi connectivity index (χ4n) is 0.884. The van der Waals surface area contributed by atoms with Crippen molar-refractivity contribution in [2.24, 2.45) is 0 Å². The molecule has 0 spiro atoms. The van der Waals surface area contributed by atoms with E-state index in [1.54, 1.807) is 0 Å². The van der Waals surface area contributed by atoms with Crippen LogP contribution in [0.1, 0.15) is 44.9 Å². The molecule has 0 aromatic heterocycles. The highest BCUT2D eigenvalue weighted by Crippen LogP contribution is 2.05. The first-order valence-electron chi connectivity index (χ1n) is 4.00. The quantitative estimate of drug-likeness (QED) is 0.378. The van der Waals surface area contributed by atoms with Gasteiger partial charge in [0.05, 0.1) is 26.7 Å². The van der Waals surface area contributed by atoms with Gasteiger partial charge in [0.2, 0.25) is 0 Å². The maximum atomic E-state index is 3.79. The van der Waals surface area contributed by atoms with Crippen molar-refractivity contribution in [3.05, 3.63) is 13.8 Å². The van der Waals surface area contributed by atoms with Crippen molar-refractivity contribution in [2.75, 3.05) is 0 Å². The highest BCUT2D eigenvalue weighted by molar-refractivity contribution is 4.46. The first kappa shape index (κ1) is 8.74. The average molecular weight is 126 g/mol. The van der Waals surface area contributed by atoms with Gasteiger partial charge < -0.3 is 0 Å². The lowest BCUT2D eigenvalue weighted by atomic mass is 10.1. The Labute approximate surface area is 59.7 Å². The number of hydrogen-bond acceptors (Lipinski definition) is 0. The third-order valence-electron chi connectivity index (χ3n) is 1.50. The lowest BCUT2D eigenvalue weighted by molar-refractivity contribution is 0.621. The van der Waals surface area contributed by atoms with Crippen LogP contribution in [-0.4, -0.2) is 0 Å². The predicted octanol–water partition coefficient (Wildman–Crippen LogP) is 3.39. The minimum atomic E-state index is 1.10. The van der Waals surface area contributed by atoms with E-state index in [4.69, 9.17) is 0 Å². The molecule has 0 aromatic rings. The average Bonchev–Trinajstić information content (AvgIpc) is 1.89. The van der Waals surface area contributed by atoms with Gasteiger partial charge in [-0.3, -0.25) is 0 Å². The van der Waals surface area contributed by atoms with Crippen LogP contribution < -0.4 is 0 Å². The second kappa shape index (κ2) is 7.74. The van der Waals surface area contributed by atoms with Gasteiger partial charge >= 0.3 is 0 Å². The molecule has 0 aliphatic carbocycles. The molecule has 0 aliphatic rings. The predicted molar refractivity (Wildman–Crippen MR) is 43.0 cm³/mol. The van der Waals surface area contributed by atoms with Crippen molar-refractivity contribution in [1.82, 2.24) is 0 Å². The van der Waals surface area contributed by atoms with Crippen LogP contribution in [0.3, 0.4) is 0 Å².